The van der Waals surface area contributed by atoms with E-state index in [-0.39, 0.29) is 82.2 Å². The topological polar surface area (TPSA) is 410 Å². The minimum Gasteiger partial charge on any atom is -0.480 e. The second kappa shape index (κ2) is 53.2. The van der Waals surface area contributed by atoms with E-state index in [4.69, 9.17) is 56.8 Å². The fourth-order valence-corrected chi connectivity index (χ4v) is 12.6. The monoisotopic (exact) mass is 1600 g/mol. The molecule has 6 N–H and O–H groups in total. The van der Waals surface area contributed by atoms with Crippen LogP contribution in [0.15, 0.2) is 48.7 Å². The van der Waals surface area contributed by atoms with E-state index in [0.717, 1.165) is 33.7 Å². The maximum atomic E-state index is 14.0. The van der Waals surface area contributed by atoms with Gasteiger partial charge in [-0.05, 0) is 41.8 Å². The van der Waals surface area contributed by atoms with Crippen molar-refractivity contribution in [2.24, 2.45) is 5.92 Å². The highest BCUT2D eigenvalue weighted by atomic mass is 19.3. The van der Waals surface area contributed by atoms with E-state index >= 15 is 0 Å². The van der Waals surface area contributed by atoms with Crippen molar-refractivity contribution in [3.8, 4) is 17.3 Å². The van der Waals surface area contributed by atoms with Gasteiger partial charge in [0, 0.05) is 121 Å². The van der Waals surface area contributed by atoms with Gasteiger partial charge in [-0.2, -0.15) is 5.26 Å². The second-order valence-electron chi connectivity index (χ2n) is 27.2. The van der Waals surface area contributed by atoms with Gasteiger partial charge in [0.1, 0.15) is 17.8 Å². The molecule has 3 aromatic rings. The quantitative estimate of drug-likeness (QED) is 0.0386. The molecule has 0 spiro atoms. The molecule has 7 rings (SSSR count). The van der Waals surface area contributed by atoms with Gasteiger partial charge in [-0.1, -0.05) is 42.5 Å². The Morgan fingerprint density at radius 3 is 1.52 bits per heavy atom. The number of carboxylic acids is 2. The number of halogens is 2. The van der Waals surface area contributed by atoms with Gasteiger partial charge in [-0.25, -0.2) is 13.5 Å². The number of benzene rings is 2. The molecule has 6 amide bonds. The third-order valence-electron chi connectivity index (χ3n) is 18.7. The smallest absolute Gasteiger partial charge is 0.317 e. The van der Waals surface area contributed by atoms with Crippen LogP contribution in [0.3, 0.4) is 0 Å². The summed E-state index contributed by atoms with van der Waals surface area (Å²) in [6.45, 7) is 17.4. The lowest BCUT2D eigenvalue weighted by Crippen LogP contribution is -2.49. The number of nitrogens with zero attached hydrogens (tertiary/aromatic N) is 10. The minimum absolute atomic E-state index is 0.0362. The molecule has 38 heteroatoms. The number of nitrogens with one attached hydrogen (secondary N) is 4. The third kappa shape index (κ3) is 36.6. The van der Waals surface area contributed by atoms with Crippen molar-refractivity contribution in [3.05, 3.63) is 70.9 Å². The summed E-state index contributed by atoms with van der Waals surface area (Å²) in [5.41, 5.74) is 4.53. The van der Waals surface area contributed by atoms with Crippen LogP contribution in [0.4, 0.5) is 8.78 Å². The van der Waals surface area contributed by atoms with E-state index in [2.05, 4.69) is 36.5 Å². The van der Waals surface area contributed by atoms with Crippen molar-refractivity contribution >= 4 is 47.4 Å². The maximum absolute atomic E-state index is 14.0. The molecule has 3 saturated heterocycles. The Kier molecular flexibility index (Phi) is 43.5. The van der Waals surface area contributed by atoms with Crippen molar-refractivity contribution in [1.82, 2.24) is 65.7 Å². The predicted molar refractivity (Wildman–Crippen MR) is 400 cm³/mol. The molecule has 36 nitrogen and oxygen atoms in total. The number of carboxylic acid groups (broad SMARTS) is 2. The number of carbonyl (C=O) groups is 8. The molecule has 1 aromatic heterocycles. The molecular weight excluding hydrogens is 1490 g/mol. The average molecular weight is 1600 g/mol. The standard InChI is InChI=1S/C75H114F2N14O22/c1-2-85-14-16-86(18-19-88(56-71(97)98)21-20-87(17-15-85)55-70(95)96)54-68(93)80-13-23-103-25-27-105-29-31-107-33-35-109-37-39-111-41-43-113-45-44-112-42-40-110-38-36-108-34-32-106-30-28-104-26-24-102-22-10-67(92)79-11-12-81-72(99)59-8-6-58(7-9-59)66-53-90(84-83-66)51-61-5-3-4-60-50-89(52-64(60)61)69(94)47-62-46-65(82-73(62)100)74(101)91-57-75(76,77)48-63(91)49-78/h3-9,53,62-63,65H,2,10-48,50-52,54-57H2,1H3,(H,79,92)(H,80,93)(H,81,99)(H,82,100)(H,95,96)(H,97,98)/t62-,63-,65-/m0/s1. The summed E-state index contributed by atoms with van der Waals surface area (Å²) in [5, 5.41) is 47.8. The van der Waals surface area contributed by atoms with Crippen molar-refractivity contribution in [2.45, 2.75) is 70.2 Å². The van der Waals surface area contributed by atoms with Crippen LogP contribution < -0.4 is 21.3 Å². The molecule has 4 aliphatic heterocycles. The fourth-order valence-electron chi connectivity index (χ4n) is 12.6. The first-order valence-electron chi connectivity index (χ1n) is 38.7. The highest BCUT2D eigenvalue weighted by Gasteiger charge is 2.50. The van der Waals surface area contributed by atoms with E-state index in [1.54, 1.807) is 51.0 Å². The number of nitriles is 1. The molecular formula is C75H114F2N14O22. The van der Waals surface area contributed by atoms with Gasteiger partial charge in [0.25, 0.3) is 11.8 Å². The lowest BCUT2D eigenvalue weighted by atomic mass is 9.99. The van der Waals surface area contributed by atoms with Gasteiger partial charge in [0.2, 0.25) is 29.5 Å². The normalized spacial score (nSPS) is 17.8. The number of carbonyl (C=O) groups excluding carboxylic acids is 6. The van der Waals surface area contributed by atoms with Crippen LogP contribution in [0.1, 0.15) is 59.7 Å². The van der Waals surface area contributed by atoms with Crippen LogP contribution in [0.5, 0.6) is 0 Å². The Bertz CT molecular complexity index is 3380. The number of rotatable bonds is 56. The average Bonchev–Trinajstić information content (AvgIpc) is 1.64. The Morgan fingerprint density at radius 1 is 0.575 bits per heavy atom. The number of hydrogen-bond donors (Lipinski definition) is 6. The molecule has 0 aliphatic carbocycles. The van der Waals surface area contributed by atoms with Crippen molar-refractivity contribution in [3.63, 3.8) is 0 Å². The Morgan fingerprint density at radius 2 is 1.04 bits per heavy atom. The largest absolute Gasteiger partial charge is 0.480 e. The summed E-state index contributed by atoms with van der Waals surface area (Å²) in [5.74, 6) is -8.12. The summed E-state index contributed by atoms with van der Waals surface area (Å²) in [4.78, 5) is 111. The van der Waals surface area contributed by atoms with Crippen molar-refractivity contribution in [1.29, 1.82) is 5.26 Å². The molecule has 2 aromatic carbocycles. The molecule has 0 unspecified atom stereocenters. The second-order valence-corrected chi connectivity index (χ2v) is 27.2. The van der Waals surface area contributed by atoms with E-state index in [1.165, 1.54) is 0 Å². The molecule has 113 heavy (non-hydrogen) atoms. The molecule has 0 saturated carbocycles. The summed E-state index contributed by atoms with van der Waals surface area (Å²) in [6.07, 6.45) is 0.966. The van der Waals surface area contributed by atoms with Crippen molar-refractivity contribution < 1.29 is 114 Å². The zero-order valence-corrected chi connectivity index (χ0v) is 64.9. The summed E-state index contributed by atoms with van der Waals surface area (Å²) >= 11 is 0. The van der Waals surface area contributed by atoms with Crippen LogP contribution in [0.25, 0.3) is 11.3 Å². The molecule has 3 fully saturated rings. The molecule has 3 atom stereocenters. The molecule has 5 heterocycles. The van der Waals surface area contributed by atoms with Gasteiger partial charge in [-0.15, -0.1) is 5.10 Å². The molecule has 0 radical (unpaired) electrons. The number of hydrogen-bond acceptors (Lipinski definition) is 27. The van der Waals surface area contributed by atoms with Gasteiger partial charge in [0.15, 0.2) is 0 Å². The van der Waals surface area contributed by atoms with E-state index in [0.29, 0.717) is 242 Å². The first kappa shape index (κ1) is 92.2. The van der Waals surface area contributed by atoms with E-state index in [1.807, 2.05) is 34.9 Å². The molecule has 4 aliphatic rings. The number of ether oxygens (including phenoxy) is 12. The summed E-state index contributed by atoms with van der Waals surface area (Å²) in [7, 11) is 0. The van der Waals surface area contributed by atoms with Gasteiger partial charge in [0.05, 0.1) is 204 Å². The highest BCUT2D eigenvalue weighted by Crippen LogP contribution is 2.34. The zero-order valence-electron chi connectivity index (χ0n) is 64.9. The van der Waals surface area contributed by atoms with Crippen molar-refractivity contribution in [2.75, 3.05) is 263 Å². The first-order chi connectivity index (χ1) is 54.9. The maximum Gasteiger partial charge on any atom is 0.317 e. The van der Waals surface area contributed by atoms with Crippen LogP contribution in [0.2, 0.25) is 0 Å². The van der Waals surface area contributed by atoms with Gasteiger partial charge >= 0.3 is 11.9 Å². The van der Waals surface area contributed by atoms with E-state index < -0.39 is 60.6 Å². The summed E-state index contributed by atoms with van der Waals surface area (Å²) in [6, 6.07) is 12.0. The lowest BCUT2D eigenvalue weighted by Gasteiger charge is -2.33. The van der Waals surface area contributed by atoms with Crippen LogP contribution in [0, 0.1) is 17.2 Å². The van der Waals surface area contributed by atoms with Crippen LogP contribution >= 0.6 is 0 Å². The lowest BCUT2D eigenvalue weighted by molar-refractivity contribution is -0.140. The minimum atomic E-state index is -3.19. The Balaban J connectivity index is 0.562. The number of alkyl halides is 2. The Labute approximate surface area is 657 Å². The fraction of sp³-hybridized carbons (Fsp3) is 0.693. The number of likely N-dealkylation sites (tertiary alicyclic amines) is 1. The predicted octanol–water partition coefficient (Wildman–Crippen LogP) is -0.548. The Hall–Kier alpha value is -7.95. The SMILES string of the molecule is CCN1CCN(CC(=O)O)CCN(CC(=O)O)CCN(CC(=O)NCCOCCOCCOCCOCCOCCOCCOCCOCCOCCOCCOCCOCCC(=O)NCCNC(=O)c2ccc(-c3cn(Cc4cccc5c4CN(C(=O)C[C@@H]4C[C@@H](C(=O)N6CC(F)(F)C[C@H]6C#N)NC4=O)C5)nn3)cc2)CC1. The highest BCUT2D eigenvalue weighted by molar-refractivity contribution is 5.95. The molecule has 0 bridgehead atoms. The first-order valence-corrected chi connectivity index (χ1v) is 38.7. The number of amides is 6. The van der Waals surface area contributed by atoms with Crippen LogP contribution in [-0.4, -0.2) is 383 Å². The summed E-state index contributed by atoms with van der Waals surface area (Å²) < 4.78 is 96.3. The third-order valence-corrected chi connectivity index (χ3v) is 18.7. The molecule has 630 valence electrons. The number of fused-ring (bicyclic) bond motifs is 1. The van der Waals surface area contributed by atoms with Gasteiger partial charge < -0.3 is 103 Å². The number of aliphatic carboxylic acids is 2. The number of aromatic nitrogens is 3. The van der Waals surface area contributed by atoms with Crippen LogP contribution in [-0.2, 0) is 110 Å². The van der Waals surface area contributed by atoms with Gasteiger partial charge in [-0.3, -0.25) is 53.1 Å². The van der Waals surface area contributed by atoms with E-state index in [9.17, 15) is 62.6 Å². The zero-order chi connectivity index (χ0) is 80.7. The number of likely N-dealkylation sites (N-methyl/N-ethyl adjacent to an activating group) is 1.